The molecule has 1 atom stereocenters. The lowest BCUT2D eigenvalue weighted by Crippen LogP contribution is -2.17. The van der Waals surface area contributed by atoms with Crippen molar-refractivity contribution in [1.29, 1.82) is 0 Å². The fourth-order valence-electron chi connectivity index (χ4n) is 4.04. The van der Waals surface area contributed by atoms with Gasteiger partial charge in [-0.15, -0.1) is 0 Å². The first-order valence-corrected chi connectivity index (χ1v) is 12.3. The van der Waals surface area contributed by atoms with Crippen LogP contribution in [0.4, 0.5) is 14.9 Å². The number of hydrogen-bond donors (Lipinski definition) is 1. The van der Waals surface area contributed by atoms with Gasteiger partial charge in [0.1, 0.15) is 23.3 Å². The lowest BCUT2D eigenvalue weighted by Gasteiger charge is -2.15. The predicted molar refractivity (Wildman–Crippen MR) is 141 cm³/mol. The summed E-state index contributed by atoms with van der Waals surface area (Å²) in [5.74, 6) is -0.282. The fourth-order valence-corrected chi connectivity index (χ4v) is 4.04. The number of aryl methyl sites for hydroxylation is 1. The van der Waals surface area contributed by atoms with Crippen LogP contribution in [0.15, 0.2) is 77.3 Å². The Kier molecular flexibility index (Phi) is 8.53. The van der Waals surface area contributed by atoms with Gasteiger partial charge in [0.2, 0.25) is 0 Å². The van der Waals surface area contributed by atoms with Gasteiger partial charge in [0.15, 0.2) is 5.76 Å². The molecule has 4 rings (SSSR count). The van der Waals surface area contributed by atoms with Crippen LogP contribution in [0.3, 0.4) is 0 Å². The van der Waals surface area contributed by atoms with Crippen LogP contribution in [0.2, 0.25) is 0 Å². The smallest absolute Gasteiger partial charge is 0.412 e. The molecule has 1 amide bonds. The van der Waals surface area contributed by atoms with Crippen molar-refractivity contribution in [2.24, 2.45) is 0 Å². The van der Waals surface area contributed by atoms with Crippen LogP contribution >= 0.6 is 0 Å². The van der Waals surface area contributed by atoms with Crippen molar-refractivity contribution in [2.75, 3.05) is 11.9 Å². The summed E-state index contributed by atoms with van der Waals surface area (Å²) in [5.41, 5.74) is 4.99. The van der Waals surface area contributed by atoms with E-state index >= 15 is 0 Å². The van der Waals surface area contributed by atoms with Gasteiger partial charge in [-0.05, 0) is 49.9 Å². The standard InChI is InChI=1S/C30H29FN2O5/c1-4-36-27(34)18-23-11-9-21(10-12-23)17-22-13-15-24(16-14-22)29-28(19(2)33-38-29)32-30(35)37-20(3)25-7-5-6-8-26(25)31/h5-16,20H,4,17-18H2,1-3H3,(H,32,35). The molecule has 0 fully saturated rings. The largest absolute Gasteiger partial charge is 0.466 e. The molecule has 1 N–H and O–H groups in total. The highest BCUT2D eigenvalue weighted by molar-refractivity contribution is 5.90. The van der Waals surface area contributed by atoms with E-state index in [1.165, 1.54) is 6.07 Å². The zero-order valence-corrected chi connectivity index (χ0v) is 21.5. The summed E-state index contributed by atoms with van der Waals surface area (Å²) in [6.07, 6.45) is -0.554. The first-order valence-electron chi connectivity index (χ1n) is 12.3. The van der Waals surface area contributed by atoms with Crippen molar-refractivity contribution in [1.82, 2.24) is 5.16 Å². The zero-order valence-electron chi connectivity index (χ0n) is 21.5. The number of nitrogens with zero attached hydrogens (tertiary/aromatic N) is 1. The van der Waals surface area contributed by atoms with Gasteiger partial charge in [0, 0.05) is 11.1 Å². The molecular weight excluding hydrogens is 487 g/mol. The number of carbonyl (C=O) groups is 2. The summed E-state index contributed by atoms with van der Waals surface area (Å²) in [5, 5.41) is 6.68. The molecule has 7 nitrogen and oxygen atoms in total. The van der Waals surface area contributed by atoms with Gasteiger partial charge < -0.3 is 14.0 Å². The summed E-state index contributed by atoms with van der Waals surface area (Å²) in [4.78, 5) is 24.2. The minimum atomic E-state index is -0.779. The van der Waals surface area contributed by atoms with E-state index in [-0.39, 0.29) is 18.0 Å². The maximum Gasteiger partial charge on any atom is 0.412 e. The van der Waals surface area contributed by atoms with E-state index in [1.54, 1.807) is 39.0 Å². The molecule has 196 valence electrons. The molecule has 0 aliphatic carbocycles. The van der Waals surface area contributed by atoms with Crippen molar-refractivity contribution >= 4 is 17.7 Å². The summed E-state index contributed by atoms with van der Waals surface area (Å²) in [6.45, 7) is 5.48. The molecule has 0 radical (unpaired) electrons. The highest BCUT2D eigenvalue weighted by Crippen LogP contribution is 2.32. The number of benzene rings is 3. The van der Waals surface area contributed by atoms with Gasteiger partial charge in [-0.1, -0.05) is 71.9 Å². The zero-order chi connectivity index (χ0) is 27.1. The summed E-state index contributed by atoms with van der Waals surface area (Å²) >= 11 is 0. The van der Waals surface area contributed by atoms with E-state index in [0.29, 0.717) is 30.2 Å². The number of aromatic nitrogens is 1. The molecule has 3 aromatic carbocycles. The van der Waals surface area contributed by atoms with E-state index in [2.05, 4.69) is 10.5 Å². The normalized spacial score (nSPS) is 11.6. The monoisotopic (exact) mass is 516 g/mol. The molecule has 8 heteroatoms. The molecule has 38 heavy (non-hydrogen) atoms. The summed E-state index contributed by atoms with van der Waals surface area (Å²) in [7, 11) is 0. The number of carbonyl (C=O) groups excluding carboxylic acids is 2. The lowest BCUT2D eigenvalue weighted by atomic mass is 10.0. The van der Waals surface area contributed by atoms with Crippen LogP contribution in [-0.4, -0.2) is 23.8 Å². The molecule has 0 saturated heterocycles. The maximum atomic E-state index is 14.0. The average Bonchev–Trinajstić information content (AvgIpc) is 3.25. The molecule has 0 bridgehead atoms. The van der Waals surface area contributed by atoms with Gasteiger partial charge in [-0.2, -0.15) is 0 Å². The van der Waals surface area contributed by atoms with Crippen molar-refractivity contribution in [3.8, 4) is 11.3 Å². The number of anilines is 1. The summed E-state index contributed by atoms with van der Waals surface area (Å²) < 4.78 is 29.9. The number of nitrogens with one attached hydrogen (secondary N) is 1. The molecule has 1 unspecified atom stereocenters. The Balaban J connectivity index is 1.40. The van der Waals surface area contributed by atoms with E-state index in [0.717, 1.165) is 22.3 Å². The lowest BCUT2D eigenvalue weighted by molar-refractivity contribution is -0.142. The van der Waals surface area contributed by atoms with Crippen LogP contribution in [-0.2, 0) is 27.1 Å². The van der Waals surface area contributed by atoms with Crippen LogP contribution in [0.1, 0.15) is 47.9 Å². The van der Waals surface area contributed by atoms with Gasteiger partial charge in [0.25, 0.3) is 0 Å². The first-order chi connectivity index (χ1) is 18.3. The maximum absolute atomic E-state index is 14.0. The number of rotatable bonds is 9. The van der Waals surface area contributed by atoms with Crippen LogP contribution in [0, 0.1) is 12.7 Å². The molecule has 1 heterocycles. The number of hydrogen-bond acceptors (Lipinski definition) is 6. The predicted octanol–water partition coefficient (Wildman–Crippen LogP) is 6.80. The van der Waals surface area contributed by atoms with Crippen molar-refractivity contribution in [2.45, 2.75) is 39.7 Å². The number of ether oxygens (including phenoxy) is 2. The Labute approximate surface area is 220 Å². The Hall–Kier alpha value is -4.46. The second kappa shape index (κ2) is 12.2. The number of esters is 1. The number of halogens is 1. The third kappa shape index (κ3) is 6.64. The van der Waals surface area contributed by atoms with E-state index in [1.807, 2.05) is 48.5 Å². The van der Waals surface area contributed by atoms with Crippen LogP contribution < -0.4 is 5.32 Å². The topological polar surface area (TPSA) is 90.7 Å². The van der Waals surface area contributed by atoms with Crippen LogP contribution in [0.25, 0.3) is 11.3 Å². The molecule has 0 aliphatic rings. The Morgan fingerprint density at radius 2 is 1.61 bits per heavy atom. The fraction of sp³-hybridized carbons (Fsp3) is 0.233. The minimum absolute atomic E-state index is 0.236. The van der Waals surface area contributed by atoms with E-state index < -0.39 is 18.0 Å². The third-order valence-corrected chi connectivity index (χ3v) is 6.02. The van der Waals surface area contributed by atoms with Gasteiger partial charge in [0.05, 0.1) is 13.0 Å². The second-order valence-electron chi connectivity index (χ2n) is 8.84. The van der Waals surface area contributed by atoms with Gasteiger partial charge in [-0.3, -0.25) is 10.1 Å². The Morgan fingerprint density at radius 3 is 2.26 bits per heavy atom. The highest BCUT2D eigenvalue weighted by Gasteiger charge is 2.21. The van der Waals surface area contributed by atoms with Crippen molar-refractivity contribution in [3.63, 3.8) is 0 Å². The third-order valence-electron chi connectivity index (χ3n) is 6.02. The Morgan fingerprint density at radius 1 is 0.974 bits per heavy atom. The molecule has 1 aromatic heterocycles. The molecule has 0 aliphatic heterocycles. The average molecular weight is 517 g/mol. The van der Waals surface area contributed by atoms with Gasteiger partial charge in [-0.25, -0.2) is 9.18 Å². The SMILES string of the molecule is CCOC(=O)Cc1ccc(Cc2ccc(-c3onc(C)c3NC(=O)OC(C)c3ccccc3F)cc2)cc1. The molecule has 4 aromatic rings. The van der Waals surface area contributed by atoms with Crippen LogP contribution in [0.5, 0.6) is 0 Å². The van der Waals surface area contributed by atoms with Gasteiger partial charge >= 0.3 is 12.1 Å². The van der Waals surface area contributed by atoms with E-state index in [4.69, 9.17) is 14.0 Å². The minimum Gasteiger partial charge on any atom is -0.466 e. The second-order valence-corrected chi connectivity index (χ2v) is 8.84. The Bertz CT molecular complexity index is 1400. The van der Waals surface area contributed by atoms with Crippen molar-refractivity contribution in [3.05, 3.63) is 107 Å². The highest BCUT2D eigenvalue weighted by atomic mass is 19.1. The molecule has 0 saturated carbocycles. The van der Waals surface area contributed by atoms with Crippen molar-refractivity contribution < 1.29 is 28.0 Å². The van der Waals surface area contributed by atoms with E-state index in [9.17, 15) is 14.0 Å². The summed E-state index contributed by atoms with van der Waals surface area (Å²) in [6, 6.07) is 21.7. The number of amides is 1. The quantitative estimate of drug-likeness (QED) is 0.246. The molecule has 0 spiro atoms. The molecular formula is C30H29FN2O5. The first kappa shape index (κ1) is 26.6.